The van der Waals surface area contributed by atoms with Gasteiger partial charge in [-0.25, -0.2) is 0 Å². The maximum Gasteiger partial charge on any atom is -0.0318 e. The van der Waals surface area contributed by atoms with Crippen LogP contribution in [0.4, 0.5) is 0 Å². The topological polar surface area (TPSA) is 0 Å². The van der Waals surface area contributed by atoms with E-state index >= 15 is 0 Å². The second-order valence-electron chi connectivity index (χ2n) is 2.67. The minimum absolute atomic E-state index is 0.440. The van der Waals surface area contributed by atoms with E-state index in [0.29, 0.717) is 11.8 Å². The molecule has 0 amide bonds. The molecule has 0 nitrogen and oxygen atoms in total. The second-order valence-corrected chi connectivity index (χ2v) is 2.67. The van der Waals surface area contributed by atoms with Crippen LogP contribution in [0, 0.1) is 25.7 Å². The number of hydrogen-bond acceptors (Lipinski definition) is 0. The molecule has 0 heterocycles. The summed E-state index contributed by atoms with van der Waals surface area (Å²) >= 11 is 0. The van der Waals surface area contributed by atoms with E-state index in [-0.39, 0.29) is 0 Å². The zero-order chi connectivity index (χ0) is 5.98. The van der Waals surface area contributed by atoms with Crippen molar-refractivity contribution in [3.63, 3.8) is 0 Å². The lowest BCUT2D eigenvalue weighted by Gasteiger charge is -2.21. The van der Waals surface area contributed by atoms with E-state index in [0.717, 1.165) is 25.7 Å². The molecule has 1 aliphatic carbocycles. The van der Waals surface area contributed by atoms with Crippen LogP contribution in [-0.2, 0) is 0 Å². The van der Waals surface area contributed by atoms with Crippen LogP contribution in [-0.4, -0.2) is 0 Å². The lowest BCUT2D eigenvalue weighted by atomic mass is 9.84. The fraction of sp³-hybridized carbons (Fsp3) is 0.750. The van der Waals surface area contributed by atoms with Crippen molar-refractivity contribution in [1.29, 1.82) is 0 Å². The molecular formula is C8H12. The Morgan fingerprint density at radius 3 is 1.25 bits per heavy atom. The summed E-state index contributed by atoms with van der Waals surface area (Å²) in [6.45, 7) is 11.3. The Morgan fingerprint density at radius 1 is 0.750 bits per heavy atom. The van der Waals surface area contributed by atoms with Gasteiger partial charge in [-0.05, 0) is 51.4 Å². The Hall–Kier alpha value is 0. The fourth-order valence-corrected chi connectivity index (χ4v) is 1.14. The summed E-state index contributed by atoms with van der Waals surface area (Å²) in [6, 6.07) is 0. The van der Waals surface area contributed by atoms with Crippen molar-refractivity contribution in [1.82, 2.24) is 0 Å². The van der Waals surface area contributed by atoms with E-state index in [1.165, 1.54) is 0 Å². The molecule has 1 rings (SSSR count). The molecule has 0 spiro atoms. The van der Waals surface area contributed by atoms with Crippen LogP contribution in [0.2, 0.25) is 0 Å². The fourth-order valence-electron chi connectivity index (χ4n) is 1.14. The number of rotatable bonds is 0. The van der Waals surface area contributed by atoms with E-state index in [1.807, 2.05) is 0 Å². The highest BCUT2D eigenvalue weighted by Crippen LogP contribution is 2.26. The highest BCUT2D eigenvalue weighted by atomic mass is 14.2. The van der Waals surface area contributed by atoms with E-state index in [2.05, 4.69) is 0 Å². The van der Waals surface area contributed by atoms with Gasteiger partial charge in [0.05, 0.1) is 0 Å². The smallest absolute Gasteiger partial charge is 0.0318 e. The first-order chi connectivity index (χ1) is 3.79. The molecule has 0 bridgehead atoms. The summed E-state index contributed by atoms with van der Waals surface area (Å²) < 4.78 is 0. The van der Waals surface area contributed by atoms with E-state index < -0.39 is 0 Å². The van der Waals surface area contributed by atoms with Gasteiger partial charge >= 0.3 is 0 Å². The summed E-state index contributed by atoms with van der Waals surface area (Å²) in [7, 11) is 0. The Labute approximate surface area is 52.3 Å². The average molecular weight is 108 g/mol. The van der Waals surface area contributed by atoms with Crippen LogP contribution in [0.5, 0.6) is 0 Å². The van der Waals surface area contributed by atoms with Gasteiger partial charge in [0.2, 0.25) is 0 Å². The molecule has 44 valence electrons. The molecule has 0 N–H and O–H groups in total. The van der Waals surface area contributed by atoms with Gasteiger partial charge in [0.1, 0.15) is 0 Å². The van der Waals surface area contributed by atoms with Gasteiger partial charge in [-0.3, -0.25) is 0 Å². The van der Waals surface area contributed by atoms with Crippen molar-refractivity contribution in [2.45, 2.75) is 25.7 Å². The van der Waals surface area contributed by atoms with Crippen LogP contribution in [0.1, 0.15) is 25.7 Å². The van der Waals surface area contributed by atoms with Gasteiger partial charge in [-0.15, -0.1) is 0 Å². The minimum Gasteiger partial charge on any atom is -0.0499 e. The molecule has 1 aliphatic rings. The average Bonchev–Trinajstić information content (AvgIpc) is 1.77. The summed E-state index contributed by atoms with van der Waals surface area (Å²) in [6.07, 6.45) is 4.50. The SMILES string of the molecule is [CH]C1CCC([CH])CC1. The van der Waals surface area contributed by atoms with Crippen molar-refractivity contribution in [3.05, 3.63) is 13.8 Å². The van der Waals surface area contributed by atoms with Crippen molar-refractivity contribution in [2.24, 2.45) is 11.8 Å². The molecule has 1 saturated carbocycles. The molecule has 0 atom stereocenters. The quantitative estimate of drug-likeness (QED) is 0.446. The standard InChI is InChI=1S/C8H12/c1-7-3-5-8(2)6-4-7/h1-2,7-8H,3-6H2. The number of hydrogen-bond donors (Lipinski definition) is 0. The van der Waals surface area contributed by atoms with Crippen LogP contribution in [0.25, 0.3) is 0 Å². The zero-order valence-electron chi connectivity index (χ0n) is 5.14. The van der Waals surface area contributed by atoms with E-state index in [4.69, 9.17) is 13.8 Å². The first-order valence-corrected chi connectivity index (χ1v) is 3.30. The third kappa shape index (κ3) is 1.50. The predicted octanol–water partition coefficient (Wildman–Crippen LogP) is 2.21. The molecule has 0 heteroatoms. The second kappa shape index (κ2) is 2.52. The maximum absolute atomic E-state index is 5.64. The van der Waals surface area contributed by atoms with E-state index in [1.54, 1.807) is 0 Å². The first-order valence-electron chi connectivity index (χ1n) is 3.30. The molecule has 0 unspecified atom stereocenters. The van der Waals surface area contributed by atoms with Crippen LogP contribution in [0.3, 0.4) is 0 Å². The largest absolute Gasteiger partial charge is 0.0499 e. The van der Waals surface area contributed by atoms with Gasteiger partial charge in [0, 0.05) is 0 Å². The van der Waals surface area contributed by atoms with Crippen molar-refractivity contribution in [2.75, 3.05) is 0 Å². The normalized spacial score (nSPS) is 39.8. The first kappa shape index (κ1) is 6.12. The Morgan fingerprint density at radius 2 is 1.00 bits per heavy atom. The van der Waals surface area contributed by atoms with E-state index in [9.17, 15) is 0 Å². The van der Waals surface area contributed by atoms with Crippen molar-refractivity contribution < 1.29 is 0 Å². The Kier molecular flexibility index (Phi) is 1.93. The predicted molar refractivity (Wildman–Crippen MR) is 34.0 cm³/mol. The molecule has 0 aliphatic heterocycles. The monoisotopic (exact) mass is 108 g/mol. The summed E-state index contributed by atoms with van der Waals surface area (Å²) in [5, 5.41) is 0. The molecule has 0 aromatic rings. The highest BCUT2D eigenvalue weighted by Gasteiger charge is 2.13. The van der Waals surface area contributed by atoms with Gasteiger partial charge in [-0.2, -0.15) is 0 Å². The van der Waals surface area contributed by atoms with Gasteiger partial charge < -0.3 is 0 Å². The molecule has 8 heavy (non-hydrogen) atoms. The van der Waals surface area contributed by atoms with Crippen LogP contribution >= 0.6 is 0 Å². The van der Waals surface area contributed by atoms with Gasteiger partial charge in [0.15, 0.2) is 0 Å². The molecular weight excluding hydrogens is 96.1 g/mol. The summed E-state index contributed by atoms with van der Waals surface area (Å²) in [4.78, 5) is 0. The zero-order valence-corrected chi connectivity index (χ0v) is 5.14. The van der Waals surface area contributed by atoms with Crippen LogP contribution in [0.15, 0.2) is 0 Å². The summed E-state index contributed by atoms with van der Waals surface area (Å²) in [5.41, 5.74) is 0. The summed E-state index contributed by atoms with van der Waals surface area (Å²) in [5.74, 6) is 0.879. The van der Waals surface area contributed by atoms with Crippen molar-refractivity contribution >= 4 is 0 Å². The Bertz CT molecular complexity index is 48.4. The molecule has 0 saturated heterocycles. The van der Waals surface area contributed by atoms with Gasteiger partial charge in [0.25, 0.3) is 0 Å². The van der Waals surface area contributed by atoms with Crippen LogP contribution < -0.4 is 0 Å². The van der Waals surface area contributed by atoms with Gasteiger partial charge in [-0.1, -0.05) is 0 Å². The lowest BCUT2D eigenvalue weighted by Crippen LogP contribution is -2.09. The lowest BCUT2D eigenvalue weighted by molar-refractivity contribution is 0.352. The third-order valence-corrected chi connectivity index (χ3v) is 1.82. The Balaban J connectivity index is 2.19. The molecule has 0 aromatic heterocycles. The maximum atomic E-state index is 5.64. The highest BCUT2D eigenvalue weighted by molar-refractivity contribution is 4.74. The third-order valence-electron chi connectivity index (χ3n) is 1.82. The molecule has 1 fully saturated rings. The molecule has 0 aromatic carbocycles. The molecule has 4 radical (unpaired) electrons. The minimum atomic E-state index is 0.440. The van der Waals surface area contributed by atoms with Crippen molar-refractivity contribution in [3.8, 4) is 0 Å².